The van der Waals surface area contributed by atoms with Gasteiger partial charge >= 0.3 is 0 Å². The number of rotatable bonds is 3. The van der Waals surface area contributed by atoms with Crippen LogP contribution >= 0.6 is 22.7 Å². The van der Waals surface area contributed by atoms with Gasteiger partial charge in [-0.25, -0.2) is 0 Å². The summed E-state index contributed by atoms with van der Waals surface area (Å²) in [4.78, 5) is 0. The summed E-state index contributed by atoms with van der Waals surface area (Å²) in [6, 6.07) is 72.6. The van der Waals surface area contributed by atoms with Crippen molar-refractivity contribution in [2.75, 3.05) is 0 Å². The molecular weight excluding hydrogens is 737 g/mol. The molecule has 0 unspecified atom stereocenters. The lowest BCUT2D eigenvalue weighted by atomic mass is 9.84. The quantitative estimate of drug-likeness (QED) is 0.157. The van der Waals surface area contributed by atoms with Crippen LogP contribution in [-0.4, -0.2) is 0 Å². The molecule has 0 spiro atoms. The van der Waals surface area contributed by atoms with Crippen LogP contribution in [0.25, 0.3) is 128 Å². The fourth-order valence-electron chi connectivity index (χ4n) is 9.69. The zero-order valence-electron chi connectivity index (χ0n) is 31.3. The van der Waals surface area contributed by atoms with E-state index in [-0.39, 0.29) is 0 Å². The van der Waals surface area contributed by atoms with Crippen LogP contribution in [0.5, 0.6) is 0 Å². The van der Waals surface area contributed by atoms with Gasteiger partial charge in [0.25, 0.3) is 0 Å². The number of hydrogen-bond acceptors (Lipinski definition) is 2. The summed E-state index contributed by atoms with van der Waals surface area (Å²) >= 11 is 3.86. The zero-order chi connectivity index (χ0) is 37.9. The van der Waals surface area contributed by atoms with Gasteiger partial charge in [0, 0.05) is 30.9 Å². The van der Waals surface area contributed by atoms with Gasteiger partial charge in [-0.3, -0.25) is 0 Å². The Morgan fingerprint density at radius 3 is 1.45 bits per heavy atom. The van der Waals surface area contributed by atoms with Gasteiger partial charge < -0.3 is 0 Å². The highest BCUT2D eigenvalue weighted by molar-refractivity contribution is 7.33. The summed E-state index contributed by atoms with van der Waals surface area (Å²) < 4.78 is 5.52. The van der Waals surface area contributed by atoms with Crippen molar-refractivity contribution in [3.8, 4) is 33.4 Å². The van der Waals surface area contributed by atoms with Crippen molar-refractivity contribution < 1.29 is 0 Å². The van der Waals surface area contributed by atoms with E-state index in [1.807, 2.05) is 22.7 Å². The fourth-order valence-corrected chi connectivity index (χ4v) is 12.3. The van der Waals surface area contributed by atoms with Crippen molar-refractivity contribution in [3.63, 3.8) is 0 Å². The van der Waals surface area contributed by atoms with Crippen molar-refractivity contribution in [1.29, 1.82) is 0 Å². The third-order valence-corrected chi connectivity index (χ3v) is 14.9. The first-order chi connectivity index (χ1) is 28.7. The van der Waals surface area contributed by atoms with Crippen LogP contribution in [-0.2, 0) is 0 Å². The third kappa shape index (κ3) is 4.74. The maximum Gasteiger partial charge on any atom is 0.0534 e. The Kier molecular flexibility index (Phi) is 6.86. The predicted molar refractivity (Wildman–Crippen MR) is 256 cm³/mol. The van der Waals surface area contributed by atoms with Gasteiger partial charge in [-0.2, -0.15) is 0 Å². The third-order valence-electron chi connectivity index (χ3n) is 12.4. The molecule has 0 atom stereocenters. The van der Waals surface area contributed by atoms with Crippen LogP contribution in [0.1, 0.15) is 0 Å². The van der Waals surface area contributed by atoms with E-state index in [0.717, 1.165) is 0 Å². The minimum atomic E-state index is 1.24. The summed E-state index contributed by atoms with van der Waals surface area (Å²) in [5.41, 5.74) is 7.58. The Hall–Kier alpha value is -6.84. The molecule has 0 N–H and O–H groups in total. The summed E-state index contributed by atoms with van der Waals surface area (Å²) in [7, 11) is 0. The van der Waals surface area contributed by atoms with Crippen molar-refractivity contribution >= 4 is 117 Å². The lowest BCUT2D eigenvalue weighted by Crippen LogP contribution is -1.91. The predicted octanol–water partition coefficient (Wildman–Crippen LogP) is 17.2. The van der Waals surface area contributed by atoms with Crippen molar-refractivity contribution in [2.24, 2.45) is 0 Å². The normalized spacial score (nSPS) is 12.1. The Morgan fingerprint density at radius 2 is 0.741 bits per heavy atom. The highest BCUT2D eigenvalue weighted by atomic mass is 32.1. The van der Waals surface area contributed by atoms with E-state index in [9.17, 15) is 0 Å². The van der Waals surface area contributed by atoms with Crippen LogP contribution in [0.4, 0.5) is 0 Å². The molecule has 0 nitrogen and oxygen atoms in total. The van der Waals surface area contributed by atoms with E-state index >= 15 is 0 Å². The first-order valence-electron chi connectivity index (χ1n) is 19.9. The molecule has 0 radical (unpaired) electrons. The smallest absolute Gasteiger partial charge is 0.0534 e. The second kappa shape index (κ2) is 12.3. The highest BCUT2D eigenvalue weighted by Crippen LogP contribution is 2.47. The van der Waals surface area contributed by atoms with Crippen LogP contribution in [0.3, 0.4) is 0 Å². The van der Waals surface area contributed by atoms with Crippen LogP contribution < -0.4 is 0 Å². The average Bonchev–Trinajstić information content (AvgIpc) is 3.85. The number of hydrogen-bond donors (Lipinski definition) is 0. The van der Waals surface area contributed by atoms with Gasteiger partial charge in [-0.05, 0) is 124 Å². The van der Waals surface area contributed by atoms with Gasteiger partial charge in [-0.15, -0.1) is 22.7 Å². The molecule has 268 valence electrons. The topological polar surface area (TPSA) is 0 Å². The van der Waals surface area contributed by atoms with E-state index in [2.05, 4.69) is 194 Å². The van der Waals surface area contributed by atoms with E-state index in [0.29, 0.717) is 0 Å². The molecule has 11 aromatic carbocycles. The number of benzene rings is 11. The Bertz CT molecular complexity index is 3800. The van der Waals surface area contributed by atoms with E-state index in [4.69, 9.17) is 0 Å². The Labute approximate surface area is 342 Å². The van der Waals surface area contributed by atoms with E-state index in [1.165, 1.54) is 128 Å². The molecule has 0 saturated carbocycles. The highest BCUT2D eigenvalue weighted by Gasteiger charge is 2.19. The molecule has 0 amide bonds. The second-order valence-electron chi connectivity index (χ2n) is 15.6. The summed E-state index contributed by atoms with van der Waals surface area (Å²) in [5, 5.41) is 18.1. The largest absolute Gasteiger partial charge is 0.134 e. The molecule has 2 heterocycles. The molecule has 0 saturated heterocycles. The molecule has 13 aromatic rings. The van der Waals surface area contributed by atoms with Crippen molar-refractivity contribution in [3.05, 3.63) is 194 Å². The number of fused-ring (bicyclic) bond motifs is 12. The molecule has 0 bridgehead atoms. The van der Waals surface area contributed by atoms with Gasteiger partial charge in [0.2, 0.25) is 0 Å². The lowest BCUT2D eigenvalue weighted by molar-refractivity contribution is 1.67. The second-order valence-corrected chi connectivity index (χ2v) is 17.7. The van der Waals surface area contributed by atoms with Crippen molar-refractivity contribution in [1.82, 2.24) is 0 Å². The first-order valence-corrected chi connectivity index (χ1v) is 21.5. The molecular formula is C56H32S2. The monoisotopic (exact) mass is 768 g/mol. The zero-order valence-corrected chi connectivity index (χ0v) is 32.9. The Morgan fingerprint density at radius 1 is 0.241 bits per heavy atom. The van der Waals surface area contributed by atoms with Gasteiger partial charge in [0.05, 0.1) is 9.40 Å². The number of thiophene rings is 2. The van der Waals surface area contributed by atoms with Crippen LogP contribution in [0.2, 0.25) is 0 Å². The SMILES string of the molecule is c1ccc2c(-c3c4ccccc4c(-c4ccc5cc(-c6ccc7cc8sc9c(ccc%10c%11ccccc%11sc%109)c8cc7c6)ccc5c4)c4ccccc34)cccc2c1. The van der Waals surface area contributed by atoms with E-state index < -0.39 is 0 Å². The maximum absolute atomic E-state index is 2.42. The minimum absolute atomic E-state index is 1.24. The summed E-state index contributed by atoms with van der Waals surface area (Å²) in [6.07, 6.45) is 0. The molecule has 0 aliphatic heterocycles. The van der Waals surface area contributed by atoms with Crippen LogP contribution in [0, 0.1) is 0 Å². The Balaban J connectivity index is 0.926. The molecule has 2 heteroatoms. The molecule has 0 aliphatic carbocycles. The fraction of sp³-hybridized carbons (Fsp3) is 0. The molecule has 0 aliphatic rings. The molecule has 2 aromatic heterocycles. The maximum atomic E-state index is 2.42. The molecule has 58 heavy (non-hydrogen) atoms. The average molecular weight is 769 g/mol. The van der Waals surface area contributed by atoms with E-state index in [1.54, 1.807) is 0 Å². The van der Waals surface area contributed by atoms with Crippen LogP contribution in [0.15, 0.2) is 194 Å². The minimum Gasteiger partial charge on any atom is -0.134 e. The first kappa shape index (κ1) is 32.3. The summed E-state index contributed by atoms with van der Waals surface area (Å²) in [6.45, 7) is 0. The lowest BCUT2D eigenvalue weighted by Gasteiger charge is -2.19. The van der Waals surface area contributed by atoms with Crippen molar-refractivity contribution in [2.45, 2.75) is 0 Å². The molecule has 13 rings (SSSR count). The van der Waals surface area contributed by atoms with Gasteiger partial charge in [0.15, 0.2) is 0 Å². The van der Waals surface area contributed by atoms with Gasteiger partial charge in [0.1, 0.15) is 0 Å². The van der Waals surface area contributed by atoms with Gasteiger partial charge in [-0.1, -0.05) is 158 Å². The molecule has 0 fully saturated rings. The standard InChI is InChI=1S/C56H32S2/c1-2-12-41-33(10-1)11-9-18-43(41)54-46-16-5-3-14-44(46)53(45-15-4-6-17-47(45)54)39-25-24-35-28-34(20-21-36(35)29-39)37-22-23-38-32-52-50(31-40(38)30-37)49-27-26-48-42-13-7-8-19-51(42)57-55(48)56(49)58-52/h1-32H. The summed E-state index contributed by atoms with van der Waals surface area (Å²) in [5.74, 6) is 0.